The molecule has 2 nitrogen and oxygen atoms in total. The van der Waals surface area contributed by atoms with Crippen LogP contribution in [0, 0.1) is 11.3 Å². The Kier molecular flexibility index (Phi) is 3.57. The summed E-state index contributed by atoms with van der Waals surface area (Å²) in [4.78, 5) is 0. The van der Waals surface area contributed by atoms with Crippen molar-refractivity contribution < 1.29 is 4.42 Å². The van der Waals surface area contributed by atoms with Gasteiger partial charge < -0.3 is 4.42 Å². The van der Waals surface area contributed by atoms with Gasteiger partial charge in [-0.2, -0.15) is 5.26 Å². The van der Waals surface area contributed by atoms with Gasteiger partial charge in [-0.25, -0.2) is 0 Å². The molecule has 0 fully saturated rings. The van der Waals surface area contributed by atoms with Crippen molar-refractivity contribution in [2.24, 2.45) is 0 Å². The van der Waals surface area contributed by atoms with Gasteiger partial charge in [0.05, 0.1) is 11.6 Å². The second kappa shape index (κ2) is 5.88. The molecule has 0 aliphatic heterocycles. The lowest BCUT2D eigenvalue weighted by atomic mass is 9.98. The number of furan rings is 1. The van der Waals surface area contributed by atoms with Crippen LogP contribution < -0.4 is 0 Å². The van der Waals surface area contributed by atoms with Gasteiger partial charge in [-0.1, -0.05) is 41.9 Å². The Hall–Kier alpha value is -3.02. The monoisotopic (exact) mass is 329 g/mol. The minimum atomic E-state index is 0.582. The molecule has 1 heterocycles. The van der Waals surface area contributed by atoms with Crippen molar-refractivity contribution in [1.29, 1.82) is 5.26 Å². The van der Waals surface area contributed by atoms with Crippen LogP contribution in [0.15, 0.2) is 77.2 Å². The molecule has 4 aromatic rings. The highest BCUT2D eigenvalue weighted by molar-refractivity contribution is 6.30. The summed E-state index contributed by atoms with van der Waals surface area (Å²) in [5.41, 5.74) is 4.34. The van der Waals surface area contributed by atoms with E-state index in [1.165, 1.54) is 0 Å². The van der Waals surface area contributed by atoms with E-state index in [0.717, 1.165) is 27.8 Å². The average molecular weight is 330 g/mol. The third kappa shape index (κ3) is 2.46. The molecule has 3 aromatic carbocycles. The highest BCUT2D eigenvalue weighted by Gasteiger charge is 2.17. The Morgan fingerprint density at radius 1 is 0.833 bits per heavy atom. The van der Waals surface area contributed by atoms with Crippen molar-refractivity contribution in [3.05, 3.63) is 83.4 Å². The van der Waals surface area contributed by atoms with Gasteiger partial charge in [0.25, 0.3) is 0 Å². The van der Waals surface area contributed by atoms with E-state index in [1.54, 1.807) is 6.07 Å². The van der Waals surface area contributed by atoms with Crippen molar-refractivity contribution in [1.82, 2.24) is 0 Å². The van der Waals surface area contributed by atoms with Crippen LogP contribution in [0.5, 0.6) is 0 Å². The van der Waals surface area contributed by atoms with Gasteiger partial charge >= 0.3 is 0 Å². The van der Waals surface area contributed by atoms with E-state index in [9.17, 15) is 0 Å². The summed E-state index contributed by atoms with van der Waals surface area (Å²) in [6.45, 7) is 0. The third-order valence-electron chi connectivity index (χ3n) is 3.99. The number of nitrogens with zero attached hydrogens (tertiary/aromatic N) is 1. The molecule has 0 saturated carbocycles. The number of halogens is 1. The number of hydrogen-bond donors (Lipinski definition) is 0. The van der Waals surface area contributed by atoms with E-state index in [-0.39, 0.29) is 0 Å². The van der Waals surface area contributed by atoms with Crippen LogP contribution in [0.1, 0.15) is 5.56 Å². The van der Waals surface area contributed by atoms with E-state index in [0.29, 0.717) is 16.2 Å². The van der Waals surface area contributed by atoms with Crippen LogP contribution in [0.3, 0.4) is 0 Å². The summed E-state index contributed by atoms with van der Waals surface area (Å²) >= 11 is 6.01. The minimum Gasteiger partial charge on any atom is -0.455 e. The predicted molar refractivity (Wildman–Crippen MR) is 96.8 cm³/mol. The van der Waals surface area contributed by atoms with Crippen molar-refractivity contribution in [2.75, 3.05) is 0 Å². The fourth-order valence-corrected chi connectivity index (χ4v) is 2.99. The Morgan fingerprint density at radius 2 is 1.58 bits per heavy atom. The second-order valence-corrected chi connectivity index (χ2v) is 5.94. The molecule has 0 atom stereocenters. The standard InChI is InChI=1S/C21H12ClNO/c22-17-9-7-16(8-10-17)21-20(15-4-2-1-3-5-15)18-11-6-14(13-23)12-19(18)24-21/h1-12H. The Bertz CT molecular complexity index is 1060. The van der Waals surface area contributed by atoms with Gasteiger partial charge in [0.2, 0.25) is 0 Å². The molecule has 4 rings (SSSR count). The van der Waals surface area contributed by atoms with Crippen molar-refractivity contribution in [3.8, 4) is 28.5 Å². The molecule has 24 heavy (non-hydrogen) atoms. The molecule has 0 spiro atoms. The third-order valence-corrected chi connectivity index (χ3v) is 4.24. The second-order valence-electron chi connectivity index (χ2n) is 5.50. The van der Waals surface area contributed by atoms with Gasteiger partial charge in [0.15, 0.2) is 0 Å². The molecule has 0 aliphatic rings. The fourth-order valence-electron chi connectivity index (χ4n) is 2.86. The lowest BCUT2D eigenvalue weighted by molar-refractivity contribution is 0.632. The first-order valence-electron chi connectivity index (χ1n) is 7.54. The molecular weight excluding hydrogens is 318 g/mol. The first kappa shape index (κ1) is 14.6. The quantitative estimate of drug-likeness (QED) is 0.433. The molecule has 0 amide bonds. The number of hydrogen-bond acceptors (Lipinski definition) is 2. The Balaban J connectivity index is 2.04. The predicted octanol–water partition coefficient (Wildman–Crippen LogP) is 6.29. The summed E-state index contributed by atoms with van der Waals surface area (Å²) in [6, 6.07) is 25.4. The number of rotatable bonds is 2. The molecule has 3 heteroatoms. The zero-order valence-electron chi connectivity index (χ0n) is 12.7. The SMILES string of the molecule is N#Cc1ccc2c(-c3ccccc3)c(-c3ccc(Cl)cc3)oc2c1. The molecule has 114 valence electrons. The molecule has 0 unspecified atom stereocenters. The maximum absolute atomic E-state index is 9.13. The van der Waals surface area contributed by atoms with E-state index in [1.807, 2.05) is 54.6 Å². The normalized spacial score (nSPS) is 10.7. The molecule has 0 radical (unpaired) electrons. The first-order valence-corrected chi connectivity index (χ1v) is 7.92. The average Bonchev–Trinajstić information content (AvgIpc) is 3.01. The van der Waals surface area contributed by atoms with Crippen molar-refractivity contribution in [3.63, 3.8) is 0 Å². The minimum absolute atomic E-state index is 0.582. The number of nitriles is 1. The van der Waals surface area contributed by atoms with Crippen LogP contribution in [0.25, 0.3) is 33.4 Å². The fraction of sp³-hybridized carbons (Fsp3) is 0. The lowest BCUT2D eigenvalue weighted by Gasteiger charge is -2.04. The van der Waals surface area contributed by atoms with Crippen LogP contribution >= 0.6 is 11.6 Å². The maximum atomic E-state index is 9.13. The summed E-state index contributed by atoms with van der Waals surface area (Å²) < 4.78 is 6.13. The first-order chi connectivity index (χ1) is 11.8. The zero-order chi connectivity index (χ0) is 16.5. The largest absolute Gasteiger partial charge is 0.455 e. The van der Waals surface area contributed by atoms with Crippen molar-refractivity contribution in [2.45, 2.75) is 0 Å². The molecule has 0 bridgehead atoms. The van der Waals surface area contributed by atoms with Gasteiger partial charge in [0, 0.05) is 21.5 Å². The molecule has 0 saturated heterocycles. The maximum Gasteiger partial charge on any atom is 0.143 e. The molecule has 0 N–H and O–H groups in total. The summed E-state index contributed by atoms with van der Waals surface area (Å²) in [6.07, 6.45) is 0. The smallest absolute Gasteiger partial charge is 0.143 e. The zero-order valence-corrected chi connectivity index (χ0v) is 13.4. The topological polar surface area (TPSA) is 36.9 Å². The lowest BCUT2D eigenvalue weighted by Crippen LogP contribution is -1.81. The highest BCUT2D eigenvalue weighted by atomic mass is 35.5. The molecular formula is C21H12ClNO. The van der Waals surface area contributed by atoms with Crippen molar-refractivity contribution >= 4 is 22.6 Å². The van der Waals surface area contributed by atoms with E-state index in [2.05, 4.69) is 18.2 Å². The highest BCUT2D eigenvalue weighted by Crippen LogP contribution is 2.41. The summed E-state index contributed by atoms with van der Waals surface area (Å²) in [7, 11) is 0. The van der Waals surface area contributed by atoms with Gasteiger partial charge in [-0.3, -0.25) is 0 Å². The van der Waals surface area contributed by atoms with Crippen LogP contribution in [-0.4, -0.2) is 0 Å². The van der Waals surface area contributed by atoms with Crippen LogP contribution in [-0.2, 0) is 0 Å². The van der Waals surface area contributed by atoms with Gasteiger partial charge in [-0.05, 0) is 48.0 Å². The Labute approximate surface area is 144 Å². The van der Waals surface area contributed by atoms with Crippen LogP contribution in [0.2, 0.25) is 5.02 Å². The summed E-state index contributed by atoms with van der Waals surface area (Å²) in [5, 5.41) is 10.8. The van der Waals surface area contributed by atoms with E-state index in [4.69, 9.17) is 21.3 Å². The number of fused-ring (bicyclic) bond motifs is 1. The molecule has 1 aromatic heterocycles. The van der Waals surface area contributed by atoms with E-state index >= 15 is 0 Å². The summed E-state index contributed by atoms with van der Waals surface area (Å²) in [5.74, 6) is 0.781. The van der Waals surface area contributed by atoms with Gasteiger partial charge in [0.1, 0.15) is 11.3 Å². The number of benzene rings is 3. The van der Waals surface area contributed by atoms with E-state index < -0.39 is 0 Å². The molecule has 0 aliphatic carbocycles. The van der Waals surface area contributed by atoms with Crippen LogP contribution in [0.4, 0.5) is 0 Å². The Morgan fingerprint density at radius 3 is 2.29 bits per heavy atom. The van der Waals surface area contributed by atoms with Gasteiger partial charge in [-0.15, -0.1) is 0 Å².